The van der Waals surface area contributed by atoms with E-state index in [9.17, 15) is 58.2 Å². The van der Waals surface area contributed by atoms with Gasteiger partial charge in [0.15, 0.2) is 5.96 Å². The van der Waals surface area contributed by atoms with Crippen molar-refractivity contribution in [1.82, 2.24) is 94.0 Å². The molecular formula is C94H146ClN23O21S2. The number of amides is 18. The van der Waals surface area contributed by atoms with E-state index >= 15 is 43.2 Å². The normalized spacial score (nSPS) is 24.0. The number of hydrogen-bond acceptors (Lipinski definition) is 25. The molecule has 5 heterocycles. The number of aliphatic hydroxyl groups is 1. The maximum absolute atomic E-state index is 15.7. The molecule has 0 bridgehead atoms. The Hall–Kier alpha value is -11.5. The number of carboxylic acids is 1. The number of fused-ring (bicyclic) bond motifs is 1. The molecule has 2 aromatic carbocycles. The van der Waals surface area contributed by atoms with Crippen molar-refractivity contribution in [2.24, 2.45) is 34.8 Å². The van der Waals surface area contributed by atoms with Crippen LogP contribution in [-0.4, -0.2) is 315 Å². The van der Waals surface area contributed by atoms with Crippen LogP contribution in [0.2, 0.25) is 5.02 Å². The Balaban J connectivity index is 1.35. The van der Waals surface area contributed by atoms with Gasteiger partial charge in [0.05, 0.1) is 6.61 Å². The number of guanidine groups is 1. The van der Waals surface area contributed by atoms with Gasteiger partial charge in [0.1, 0.15) is 103 Å². The summed E-state index contributed by atoms with van der Waals surface area (Å²) in [6.07, 6.45) is 2.60. The van der Waals surface area contributed by atoms with E-state index in [2.05, 4.69) is 74.4 Å². The summed E-state index contributed by atoms with van der Waals surface area (Å²) in [7, 11) is 1.93. The van der Waals surface area contributed by atoms with Gasteiger partial charge >= 0.3 is 5.97 Å². The summed E-state index contributed by atoms with van der Waals surface area (Å²) >= 11 is 6.55. The molecule has 141 heavy (non-hydrogen) atoms. The Labute approximate surface area is 835 Å². The smallest absolute Gasteiger partial charge is 0.303 e. The van der Waals surface area contributed by atoms with Crippen LogP contribution in [0, 0.1) is 17.2 Å². The second-order valence-electron chi connectivity index (χ2n) is 37.2. The minimum absolute atomic E-state index is 0.00927. The van der Waals surface area contributed by atoms with Crippen LogP contribution in [0.25, 0.3) is 0 Å². The number of carbonyl (C=O) groups excluding carboxylic acids is 18. The van der Waals surface area contributed by atoms with Gasteiger partial charge in [0.25, 0.3) is 0 Å². The summed E-state index contributed by atoms with van der Waals surface area (Å²) in [6, 6.07) is -9.66. The first-order valence-corrected chi connectivity index (χ1v) is 51.8. The van der Waals surface area contributed by atoms with Crippen molar-refractivity contribution in [2.45, 2.75) is 318 Å². The molecule has 2 unspecified atom stereocenters. The lowest BCUT2D eigenvalue weighted by atomic mass is 10.0. The van der Waals surface area contributed by atoms with Crippen molar-refractivity contribution in [1.29, 1.82) is 5.41 Å². The molecular weight excluding hydrogens is 1890 g/mol. The van der Waals surface area contributed by atoms with E-state index in [1.165, 1.54) is 33.4 Å². The number of likely N-dealkylation sites (tertiary alicyclic amines) is 3. The fraction of sp³-hybridized carbons (Fsp3) is 0.660. The Bertz CT molecular complexity index is 4640. The summed E-state index contributed by atoms with van der Waals surface area (Å²) < 4.78 is 0. The molecule has 5 aliphatic rings. The molecule has 0 spiro atoms. The predicted molar refractivity (Wildman–Crippen MR) is 527 cm³/mol. The molecule has 18 amide bonds. The number of hydrogen-bond donors (Lipinski definition) is 21. The van der Waals surface area contributed by atoms with Crippen LogP contribution >= 0.6 is 33.2 Å². The summed E-state index contributed by atoms with van der Waals surface area (Å²) in [4.78, 5) is 282. The molecule has 7 rings (SSSR count). The second-order valence-corrected chi connectivity index (χ2v) is 40.3. The van der Waals surface area contributed by atoms with E-state index in [-0.39, 0.29) is 166 Å². The molecule has 2 aromatic rings. The van der Waals surface area contributed by atoms with E-state index in [4.69, 9.17) is 39.9 Å². The number of rotatable bonds is 40. The Kier molecular flexibility index (Phi) is 49.1. The van der Waals surface area contributed by atoms with Gasteiger partial charge in [-0.1, -0.05) is 130 Å². The summed E-state index contributed by atoms with van der Waals surface area (Å²) in [5.74, 6) is -18.2. The monoisotopic (exact) mass is 2030 g/mol. The van der Waals surface area contributed by atoms with Crippen molar-refractivity contribution < 1.29 is 101 Å². The van der Waals surface area contributed by atoms with Crippen LogP contribution in [0.15, 0.2) is 54.6 Å². The molecule has 5 aliphatic heterocycles. The van der Waals surface area contributed by atoms with Crippen LogP contribution in [0.5, 0.6) is 0 Å². The number of carbonyl (C=O) groups is 19. The summed E-state index contributed by atoms with van der Waals surface area (Å²) in [5.41, 5.74) is 24.1. The minimum atomic E-state index is -1.84. The molecule has 0 saturated carbocycles. The number of primary amides is 1. The number of nitrogens with zero attached hydrogens (tertiary/aromatic N) is 4. The first-order chi connectivity index (χ1) is 67.2. The summed E-state index contributed by atoms with van der Waals surface area (Å²) in [5, 5.41) is 66.4. The van der Waals surface area contributed by atoms with Crippen LogP contribution in [0.3, 0.4) is 0 Å². The molecule has 47 heteroatoms. The lowest BCUT2D eigenvalue weighted by molar-refractivity contribution is -0.148. The van der Waals surface area contributed by atoms with Crippen molar-refractivity contribution in [3.63, 3.8) is 0 Å². The number of halogens is 1. The predicted octanol–water partition coefficient (Wildman–Crippen LogP) is -1.64. The van der Waals surface area contributed by atoms with Crippen molar-refractivity contribution in [3.05, 3.63) is 70.7 Å². The van der Waals surface area contributed by atoms with Gasteiger partial charge in [-0.15, -0.1) is 0 Å². The molecule has 0 radical (unpaired) electrons. The zero-order chi connectivity index (χ0) is 104. The van der Waals surface area contributed by atoms with Gasteiger partial charge in [-0.2, -0.15) is 0 Å². The largest absolute Gasteiger partial charge is 0.481 e. The first kappa shape index (κ1) is 116. The third-order valence-corrected chi connectivity index (χ3v) is 27.9. The number of unbranched alkanes of at least 4 members (excludes halogenated alkanes) is 4. The van der Waals surface area contributed by atoms with Gasteiger partial charge in [-0.05, 0) is 184 Å². The number of benzene rings is 2. The topological polar surface area (TPSA) is 674 Å². The fourth-order valence-corrected chi connectivity index (χ4v) is 20.1. The lowest BCUT2D eigenvalue weighted by Crippen LogP contribution is -2.61. The highest BCUT2D eigenvalue weighted by Crippen LogP contribution is 2.30. The van der Waals surface area contributed by atoms with E-state index in [1.54, 1.807) is 82.3 Å². The SMILES string of the molecule is CCCCC[C@@H]1NC(=O)[C@H](CCCCN)NC(=O)[C@H](CCCNC(=N)N)NC(=O)[C@H](CC(C)C)NC(=O)C(NC(=O)[C@H](Cc2cccc(Cl)c2)NC(=O)[C@@H]2CCCN2C(=O)[C@@H](NC(C)=O)C(C)C)CCSSC[C@@H](C(=O)NC(CCCCN)C(=O)N2CCC[C@H]2C(=O)N2CCC[C@H]2C(=O)N[C@@H](CCC(=O)O)C(N)=O)NC(=O)[C@H](Cc2ccccc2)NC(=O)[C@H](CO)NC(=O)[C@H](C)NC(=O)[C@@H]2CCCN2C1=O. The van der Waals surface area contributed by atoms with Crippen LogP contribution in [0.4, 0.5) is 0 Å². The Morgan fingerprint density at radius 3 is 1.70 bits per heavy atom. The lowest BCUT2D eigenvalue weighted by Gasteiger charge is -2.33. The Morgan fingerprint density at radius 2 is 1.09 bits per heavy atom. The molecule has 25 N–H and O–H groups in total. The van der Waals surface area contributed by atoms with Gasteiger partial charge in [-0.3, -0.25) is 96.5 Å². The number of nitrogens with one attached hydrogen (secondary N) is 15. The highest BCUT2D eigenvalue weighted by atomic mass is 35.5. The fourth-order valence-electron chi connectivity index (χ4n) is 17.7. The van der Waals surface area contributed by atoms with Crippen molar-refractivity contribution >= 4 is 151 Å². The molecule has 5 saturated heterocycles. The standard InChI is InChI=1S/C94H146ClN23O21S2/c1-8-9-11-29-64-90(136)115-42-20-32-71(115)87(133)102-55(6)78(124)113-69(51-119)85(131)111-67(49-57-24-12-10-13-25-57)84(130)114-70(86(132)109-65(30-15-17-40-97)91(137)118-45-23-35-74(118)92(138)116-43-21-33-72(116)88(134)104-60(77(98)123)36-37-75(121)122)52-141-140-46-38-63(81(127)110-66(47-53(2)3)82(128)106-62(31-19-41-101-94(99)100)79(125)105-61(80(126)108-64)28-14-16-39-96)107-83(129)68(50-58-26-18-27-59(95)48-58)112-89(135)73-34-22-44-117(73)93(139)76(54(4)5)103-56(7)120/h10,12-13,18,24-27,48,53-55,60-74,76,119H,8-9,11,14-17,19-23,28-47,49-52,96-97H2,1-7H3,(H2,98,123)(H,102,133)(H,103,120)(H,104,134)(H,105,125)(H,106,128)(H,107,129)(H,108,126)(H,109,132)(H,110,127)(H,111,131)(H,112,135)(H,113,124)(H,114,130)(H,121,122)(H4,99,100,101)/t55-,60-,61-,62-,63?,64-,65?,66-,67-,68-,69-,70-,71-,72-,73-,74-,76-/m0/s1. The highest BCUT2D eigenvalue weighted by Gasteiger charge is 2.48. The average molecular weight is 2030 g/mol. The summed E-state index contributed by atoms with van der Waals surface area (Å²) in [6.45, 7) is 10.9. The van der Waals surface area contributed by atoms with Crippen molar-refractivity contribution in [3.8, 4) is 0 Å². The number of nitrogens with two attached hydrogens (primary N) is 4. The van der Waals surface area contributed by atoms with Gasteiger partial charge in [-0.25, -0.2) is 0 Å². The maximum Gasteiger partial charge on any atom is 0.303 e. The zero-order valence-corrected chi connectivity index (χ0v) is 84.0. The molecule has 0 aliphatic carbocycles. The van der Waals surface area contributed by atoms with Crippen LogP contribution in [0.1, 0.15) is 214 Å². The molecule has 0 aromatic heterocycles. The number of carboxylic acid groups (broad SMARTS) is 1. The second kappa shape index (κ2) is 59.4. The third-order valence-electron chi connectivity index (χ3n) is 25.3. The van der Waals surface area contributed by atoms with Crippen LogP contribution in [-0.2, 0) is 104 Å². The maximum atomic E-state index is 15.7. The number of aliphatic carboxylic acids is 1. The molecule has 17 atom stereocenters. The van der Waals surface area contributed by atoms with Crippen LogP contribution < -0.4 is 97.4 Å². The van der Waals surface area contributed by atoms with Gasteiger partial charge in [0.2, 0.25) is 106 Å². The number of aliphatic hydroxyl groups excluding tert-OH is 1. The van der Waals surface area contributed by atoms with E-state index in [1.807, 2.05) is 6.92 Å². The third kappa shape index (κ3) is 37.1. The Morgan fingerprint density at radius 1 is 0.546 bits per heavy atom. The van der Waals surface area contributed by atoms with E-state index in [0.29, 0.717) is 62.5 Å². The minimum Gasteiger partial charge on any atom is -0.481 e. The molecule has 5 fully saturated rings. The van der Waals surface area contributed by atoms with Crippen molar-refractivity contribution in [2.75, 3.05) is 63.9 Å². The van der Waals surface area contributed by atoms with Gasteiger partial charge < -0.3 is 127 Å². The molecule has 44 nitrogen and oxygen atoms in total. The zero-order valence-electron chi connectivity index (χ0n) is 81.6. The average Bonchev–Trinajstić information content (AvgIpc) is 1.65. The first-order valence-electron chi connectivity index (χ1n) is 49.0. The quantitative estimate of drug-likeness (QED) is 0.0154. The molecule has 782 valence electrons. The van der Waals surface area contributed by atoms with E-state index in [0.717, 1.165) is 21.6 Å². The highest BCUT2D eigenvalue weighted by molar-refractivity contribution is 8.76. The van der Waals surface area contributed by atoms with E-state index < -0.39 is 252 Å². The van der Waals surface area contributed by atoms with Gasteiger partial charge in [0, 0.05) is 75.4 Å².